The van der Waals surface area contributed by atoms with Crippen LogP contribution in [0.1, 0.15) is 64.1 Å². The first-order chi connectivity index (χ1) is 19.9. The largest absolute Gasteiger partial charge is 0.390 e. The Morgan fingerprint density at radius 2 is 1.88 bits per heavy atom. The minimum Gasteiger partial charge on any atom is -0.390 e. The Kier molecular flexibility index (Phi) is 13.7. The maximum atomic E-state index is 10.7. The molecular weight excluding hydrogens is 531 g/mol. The highest BCUT2D eigenvalue weighted by Crippen LogP contribution is 2.26. The molecule has 0 spiro atoms. The molecule has 1 fully saturated rings. The number of nitrogens with zero attached hydrogens (tertiary/aromatic N) is 4. The summed E-state index contributed by atoms with van der Waals surface area (Å²) < 4.78 is 7.43. The van der Waals surface area contributed by atoms with Gasteiger partial charge in [-0.05, 0) is 50.4 Å². The summed E-state index contributed by atoms with van der Waals surface area (Å²) in [7, 11) is 2.11. The Balaban J connectivity index is 0.000000515. The second-order valence-corrected chi connectivity index (χ2v) is 10.7. The Morgan fingerprint density at radius 3 is 2.51 bits per heavy atom. The summed E-state index contributed by atoms with van der Waals surface area (Å²) in [6, 6.07) is 12.5. The summed E-state index contributed by atoms with van der Waals surface area (Å²) in [5.74, 6) is 1.60. The number of alkyl halides is 1. The molecule has 8 heteroatoms. The number of aromatic nitrogens is 3. The van der Waals surface area contributed by atoms with Gasteiger partial charge in [-0.15, -0.1) is 18.2 Å². The van der Waals surface area contributed by atoms with Crippen LogP contribution < -0.4 is 10.4 Å². The summed E-state index contributed by atoms with van der Waals surface area (Å²) in [6.45, 7) is 14.7. The van der Waals surface area contributed by atoms with Crippen LogP contribution in [0.2, 0.25) is 0 Å². The van der Waals surface area contributed by atoms with Gasteiger partial charge in [-0.25, -0.2) is 9.67 Å². The fraction of sp³-hybridized carbons (Fsp3) is 0.455. The van der Waals surface area contributed by atoms with E-state index in [1.54, 1.807) is 6.08 Å². The highest BCUT2D eigenvalue weighted by atomic mass is 35.5. The van der Waals surface area contributed by atoms with Gasteiger partial charge in [-0.2, -0.15) is 5.10 Å². The molecule has 0 aliphatic carbocycles. The number of allylic oxidation sites excluding steroid dienone is 1. The molecule has 0 saturated carbocycles. The van der Waals surface area contributed by atoms with Crippen LogP contribution in [0.3, 0.4) is 0 Å². The average Bonchev–Trinajstić information content (AvgIpc) is 3.65. The van der Waals surface area contributed by atoms with E-state index in [0.29, 0.717) is 13.2 Å². The predicted octanol–water partition coefficient (Wildman–Crippen LogP) is 6.53. The van der Waals surface area contributed by atoms with Gasteiger partial charge in [0.2, 0.25) is 0 Å². The summed E-state index contributed by atoms with van der Waals surface area (Å²) in [5, 5.41) is 15.5. The Bertz CT molecular complexity index is 1270. The first kappa shape index (κ1) is 32.6. The third-order valence-electron chi connectivity index (χ3n) is 6.86. The second-order valence-electron chi connectivity index (χ2n) is 10.3. The lowest BCUT2D eigenvalue weighted by Crippen LogP contribution is -2.40. The highest BCUT2D eigenvalue weighted by molar-refractivity contribution is 6.67. The number of hydrogen-bond acceptors (Lipinski definition) is 5. The van der Waals surface area contributed by atoms with Crippen molar-refractivity contribution >= 4 is 36.1 Å². The smallest absolute Gasteiger partial charge is 0.195 e. The van der Waals surface area contributed by atoms with Crippen molar-refractivity contribution < 1.29 is 9.84 Å². The minimum absolute atomic E-state index is 0.460. The topological polar surface area (TPSA) is 63.4 Å². The first-order valence-electron chi connectivity index (χ1n) is 14.8. The maximum Gasteiger partial charge on any atom is 0.195 e. The molecule has 1 N–H and O–H groups in total. The molecule has 0 amide bonds. The zero-order valence-corrected chi connectivity index (χ0v) is 25.9. The van der Waals surface area contributed by atoms with Crippen LogP contribution in [-0.2, 0) is 4.74 Å². The number of pyridine rings is 1. The number of morpholine rings is 1. The van der Waals surface area contributed by atoms with Crippen LogP contribution in [0.4, 0.5) is 5.69 Å². The number of aryl methyl sites for hydroxylation is 1. The van der Waals surface area contributed by atoms with Gasteiger partial charge in [0.15, 0.2) is 13.1 Å². The van der Waals surface area contributed by atoms with Crippen molar-refractivity contribution in [3.63, 3.8) is 0 Å². The average molecular weight is 576 g/mol. The molecule has 4 heterocycles. The van der Waals surface area contributed by atoms with E-state index < -0.39 is 6.10 Å². The van der Waals surface area contributed by atoms with E-state index in [2.05, 4.69) is 69.9 Å². The molecule has 1 radical (unpaired) electrons. The van der Waals surface area contributed by atoms with E-state index in [0.717, 1.165) is 84.0 Å². The molecule has 2 aliphatic heterocycles. The van der Waals surface area contributed by atoms with Crippen molar-refractivity contribution in [1.82, 2.24) is 14.8 Å². The predicted molar refractivity (Wildman–Crippen MR) is 175 cm³/mol. The number of rotatable bonds is 9. The Morgan fingerprint density at radius 1 is 1.15 bits per heavy atom. The molecule has 0 bridgehead atoms. The van der Waals surface area contributed by atoms with Gasteiger partial charge < -0.3 is 14.7 Å². The molecule has 1 aromatic carbocycles. The Hall–Kier alpha value is -2.87. The van der Waals surface area contributed by atoms with Crippen LogP contribution >= 0.6 is 11.6 Å². The lowest BCUT2D eigenvalue weighted by atomic mass is 9.64. The number of hydrogen-bond donors (Lipinski definition) is 1. The SMILES string of the molecule is C=CC.CCCCC(O)C1=Cc2nc(-n3ccc(-c4cccc(C)c4)n3)cc(N3CCOCC3)c2[B]1.CCCCCl. The molecule has 6 nitrogen and oxygen atoms in total. The molecule has 5 rings (SSSR count). The lowest BCUT2D eigenvalue weighted by molar-refractivity contribution is 0.123. The fourth-order valence-electron chi connectivity index (χ4n) is 4.65. The number of ether oxygens (including phenoxy) is 1. The van der Waals surface area contributed by atoms with Crippen molar-refractivity contribution in [2.45, 2.75) is 65.9 Å². The third-order valence-corrected chi connectivity index (χ3v) is 7.13. The van der Waals surface area contributed by atoms with Gasteiger partial charge in [-0.1, -0.05) is 68.4 Å². The number of fused-ring (bicyclic) bond motifs is 1. The fourth-order valence-corrected chi connectivity index (χ4v) is 4.92. The zero-order valence-electron chi connectivity index (χ0n) is 25.2. The normalized spacial score (nSPS) is 14.5. The van der Waals surface area contributed by atoms with Gasteiger partial charge >= 0.3 is 0 Å². The standard InChI is InChI=1S/C26H30BN4O2.C4H9Cl.C3H6/c1-3-4-8-24(32)20-16-22-26(27-20)23(30-11-13-33-14-12-30)17-25(28-22)31-10-9-21(29-31)19-7-5-6-18(2)15-19;1-2-3-4-5;1-3-2/h5-7,9-10,15-17,24,32H,3-4,8,11-14H2,1-2H3;2-4H2,1H3;3H,1H2,2H3. The van der Waals surface area contributed by atoms with E-state index >= 15 is 0 Å². The van der Waals surface area contributed by atoms with Crippen LogP contribution in [0.15, 0.2) is 60.7 Å². The van der Waals surface area contributed by atoms with E-state index in [1.165, 1.54) is 12.0 Å². The number of unbranched alkanes of at least 4 members (excludes halogenated alkanes) is 2. The second kappa shape index (κ2) is 17.2. The summed E-state index contributed by atoms with van der Waals surface area (Å²) in [4.78, 5) is 7.29. The molecule has 2 aliphatic rings. The molecule has 1 saturated heterocycles. The molecule has 1 atom stereocenters. The van der Waals surface area contributed by atoms with Gasteiger partial charge in [-0.3, -0.25) is 0 Å². The summed E-state index contributed by atoms with van der Waals surface area (Å²) >= 11 is 5.30. The summed E-state index contributed by atoms with van der Waals surface area (Å²) in [5.41, 5.74) is 7.27. The number of anilines is 1. The van der Waals surface area contributed by atoms with Crippen molar-refractivity contribution in [2.24, 2.45) is 0 Å². The Labute approximate surface area is 252 Å². The number of aliphatic hydroxyl groups excluding tert-OH is 1. The monoisotopic (exact) mass is 575 g/mol. The highest BCUT2D eigenvalue weighted by Gasteiger charge is 2.27. The van der Waals surface area contributed by atoms with Crippen LogP contribution in [0, 0.1) is 6.92 Å². The summed E-state index contributed by atoms with van der Waals surface area (Å²) in [6.07, 6.45) is 10.5. The van der Waals surface area contributed by atoms with Gasteiger partial charge in [0.05, 0.1) is 30.7 Å². The van der Waals surface area contributed by atoms with Gasteiger partial charge in [0.1, 0.15) is 0 Å². The number of aliphatic hydroxyl groups is 1. The van der Waals surface area contributed by atoms with Crippen molar-refractivity contribution in [1.29, 1.82) is 0 Å². The number of benzene rings is 1. The van der Waals surface area contributed by atoms with E-state index in [1.807, 2.05) is 29.9 Å². The molecule has 41 heavy (non-hydrogen) atoms. The maximum absolute atomic E-state index is 10.7. The molecule has 1 unspecified atom stereocenters. The third kappa shape index (κ3) is 9.32. The van der Waals surface area contributed by atoms with Crippen molar-refractivity contribution in [3.8, 4) is 17.1 Å². The van der Waals surface area contributed by atoms with Crippen molar-refractivity contribution in [2.75, 3.05) is 37.1 Å². The van der Waals surface area contributed by atoms with Crippen molar-refractivity contribution in [3.05, 3.63) is 72.0 Å². The van der Waals surface area contributed by atoms with Crippen LogP contribution in [-0.4, -0.2) is 65.4 Å². The minimum atomic E-state index is -0.460. The molecular formula is C33H45BClN4O2. The van der Waals surface area contributed by atoms with E-state index in [-0.39, 0.29) is 0 Å². The van der Waals surface area contributed by atoms with Gasteiger partial charge in [0, 0.05) is 42.5 Å². The quantitative estimate of drug-likeness (QED) is 0.178. The van der Waals surface area contributed by atoms with Crippen LogP contribution in [0.25, 0.3) is 23.2 Å². The van der Waals surface area contributed by atoms with Crippen LogP contribution in [0.5, 0.6) is 0 Å². The molecule has 3 aromatic rings. The number of halogens is 1. The van der Waals surface area contributed by atoms with E-state index in [4.69, 9.17) is 26.4 Å². The lowest BCUT2D eigenvalue weighted by Gasteiger charge is -2.31. The van der Waals surface area contributed by atoms with Gasteiger partial charge in [0.25, 0.3) is 0 Å². The molecule has 219 valence electrons. The first-order valence-corrected chi connectivity index (χ1v) is 15.4. The molecule has 2 aromatic heterocycles. The van der Waals surface area contributed by atoms with E-state index in [9.17, 15) is 5.11 Å². The zero-order chi connectivity index (χ0) is 29.6.